The van der Waals surface area contributed by atoms with Gasteiger partial charge in [0.25, 0.3) is 10.0 Å². The summed E-state index contributed by atoms with van der Waals surface area (Å²) in [5, 5.41) is 12.6. The number of hydrogen-bond donors (Lipinski definition) is 3. The number of halogens is 1. The number of aliphatic hydroxyl groups is 1. The maximum Gasteiger partial charge on any atom is 0.263 e. The largest absolute Gasteiger partial charge is 0.405 e. The van der Waals surface area contributed by atoms with Gasteiger partial charge in [-0.3, -0.25) is 9.71 Å². The summed E-state index contributed by atoms with van der Waals surface area (Å²) in [5.74, 6) is -0.858. The number of rotatable bonds is 7. The summed E-state index contributed by atoms with van der Waals surface area (Å²) >= 11 is 1.10. The van der Waals surface area contributed by atoms with Gasteiger partial charge in [-0.05, 0) is 30.0 Å². The lowest BCUT2D eigenvalue weighted by Crippen LogP contribution is -2.14. The van der Waals surface area contributed by atoms with Crippen molar-refractivity contribution in [3.63, 3.8) is 0 Å². The number of nitrogens with two attached hydrogens (primary N) is 1. The van der Waals surface area contributed by atoms with Gasteiger partial charge in [0.15, 0.2) is 5.13 Å². The number of hydrogen-bond acceptors (Lipinski definition) is 7. The van der Waals surface area contributed by atoms with Crippen LogP contribution in [0, 0.1) is 5.82 Å². The molecule has 1 unspecified atom stereocenters. The summed E-state index contributed by atoms with van der Waals surface area (Å²) in [7, 11) is -2.43. The molecule has 1 atom stereocenters. The SMILES string of the molecule is CN=C(C=CN)c1ccccc1C(O)c1ccc(S(=O)(=O)Nc2nccs2)cc1F. The number of nitrogens with zero attached hydrogens (tertiary/aromatic N) is 2. The number of sulfonamides is 1. The van der Waals surface area contributed by atoms with E-state index < -0.39 is 21.9 Å². The zero-order valence-corrected chi connectivity index (χ0v) is 17.5. The second-order valence-corrected chi connectivity index (χ2v) is 8.66. The van der Waals surface area contributed by atoms with Crippen molar-refractivity contribution in [1.82, 2.24) is 4.98 Å². The van der Waals surface area contributed by atoms with Crippen LogP contribution < -0.4 is 10.5 Å². The highest BCUT2D eigenvalue weighted by Gasteiger charge is 2.23. The highest BCUT2D eigenvalue weighted by molar-refractivity contribution is 7.93. The van der Waals surface area contributed by atoms with Crippen molar-refractivity contribution in [2.45, 2.75) is 11.0 Å². The number of allylic oxidation sites excluding steroid dienone is 1. The molecule has 0 aliphatic rings. The van der Waals surface area contributed by atoms with Crippen molar-refractivity contribution >= 4 is 32.2 Å². The predicted octanol–water partition coefficient (Wildman–Crippen LogP) is 3.06. The van der Waals surface area contributed by atoms with E-state index in [4.69, 9.17) is 5.73 Å². The lowest BCUT2D eigenvalue weighted by Gasteiger charge is -2.17. The molecule has 3 rings (SSSR count). The van der Waals surface area contributed by atoms with Crippen LogP contribution in [0.1, 0.15) is 22.8 Å². The van der Waals surface area contributed by atoms with Crippen LogP contribution >= 0.6 is 11.3 Å². The molecule has 0 radical (unpaired) electrons. The van der Waals surface area contributed by atoms with Crippen molar-refractivity contribution in [2.24, 2.45) is 10.7 Å². The standard InChI is InChI=1S/C20H19FN4O3S2/c1-23-18(8-9-22)14-4-2-3-5-15(14)19(26)16-7-6-13(12-17(16)21)30(27,28)25-20-24-10-11-29-20/h2-12,19,26H,22H2,1H3,(H,24,25). The van der Waals surface area contributed by atoms with E-state index in [-0.39, 0.29) is 15.6 Å². The molecule has 10 heteroatoms. The molecule has 0 aliphatic heterocycles. The van der Waals surface area contributed by atoms with Gasteiger partial charge in [-0.25, -0.2) is 17.8 Å². The van der Waals surface area contributed by atoms with E-state index in [9.17, 15) is 17.9 Å². The highest BCUT2D eigenvalue weighted by atomic mass is 32.2. The smallest absolute Gasteiger partial charge is 0.263 e. The molecule has 2 aromatic carbocycles. The van der Waals surface area contributed by atoms with Gasteiger partial charge < -0.3 is 10.8 Å². The Morgan fingerprint density at radius 1 is 1.30 bits per heavy atom. The molecule has 7 nitrogen and oxygen atoms in total. The molecule has 0 bridgehead atoms. The zero-order valence-electron chi connectivity index (χ0n) is 15.9. The second kappa shape index (κ2) is 9.16. The van der Waals surface area contributed by atoms with Crippen LogP contribution in [0.25, 0.3) is 0 Å². The quantitative estimate of drug-likeness (QED) is 0.482. The van der Waals surface area contributed by atoms with Crippen LogP contribution in [-0.4, -0.2) is 31.3 Å². The topological polar surface area (TPSA) is 118 Å². The van der Waals surface area contributed by atoms with E-state index in [1.807, 2.05) is 0 Å². The fraction of sp³-hybridized carbons (Fsp3) is 0.100. The first kappa shape index (κ1) is 21.6. The van der Waals surface area contributed by atoms with Crippen molar-refractivity contribution in [3.8, 4) is 0 Å². The number of benzene rings is 2. The maximum absolute atomic E-state index is 14.8. The van der Waals surface area contributed by atoms with Crippen molar-refractivity contribution < 1.29 is 17.9 Å². The summed E-state index contributed by atoms with van der Waals surface area (Å²) in [5.41, 5.74) is 6.89. The minimum atomic E-state index is -4.01. The first-order valence-electron chi connectivity index (χ1n) is 8.71. The van der Waals surface area contributed by atoms with Gasteiger partial charge in [0.1, 0.15) is 11.9 Å². The Balaban J connectivity index is 1.97. The Morgan fingerprint density at radius 2 is 2.07 bits per heavy atom. The number of aliphatic imine (C=N–C) groups is 1. The Morgan fingerprint density at radius 3 is 2.70 bits per heavy atom. The second-order valence-electron chi connectivity index (χ2n) is 6.08. The average molecular weight is 447 g/mol. The molecule has 0 aliphatic carbocycles. The minimum absolute atomic E-state index is 0.0668. The average Bonchev–Trinajstić information content (AvgIpc) is 3.24. The summed E-state index contributed by atoms with van der Waals surface area (Å²) in [6.07, 6.45) is 3.00. The van der Waals surface area contributed by atoms with Gasteiger partial charge >= 0.3 is 0 Å². The first-order chi connectivity index (χ1) is 14.4. The molecule has 0 saturated carbocycles. The molecular formula is C20H19FN4O3S2. The van der Waals surface area contributed by atoms with Crippen LogP contribution in [-0.2, 0) is 10.0 Å². The third kappa shape index (κ3) is 4.56. The number of thiazole rings is 1. The highest BCUT2D eigenvalue weighted by Crippen LogP contribution is 2.29. The molecule has 3 aromatic rings. The van der Waals surface area contributed by atoms with E-state index in [0.717, 1.165) is 17.4 Å². The Labute approximate surface area is 177 Å². The predicted molar refractivity (Wildman–Crippen MR) is 116 cm³/mol. The fourth-order valence-electron chi connectivity index (χ4n) is 2.86. The Bertz CT molecular complexity index is 1190. The monoisotopic (exact) mass is 446 g/mol. The van der Waals surface area contributed by atoms with Crippen molar-refractivity contribution in [2.75, 3.05) is 11.8 Å². The van der Waals surface area contributed by atoms with E-state index in [0.29, 0.717) is 16.8 Å². The number of nitrogens with one attached hydrogen (secondary N) is 1. The van der Waals surface area contributed by atoms with E-state index >= 15 is 0 Å². The number of aliphatic hydroxyl groups excluding tert-OH is 1. The van der Waals surface area contributed by atoms with Gasteiger partial charge in [-0.2, -0.15) is 0 Å². The minimum Gasteiger partial charge on any atom is -0.405 e. The molecule has 30 heavy (non-hydrogen) atoms. The number of aromatic nitrogens is 1. The summed E-state index contributed by atoms with van der Waals surface area (Å²) in [6, 6.07) is 10.2. The molecule has 4 N–H and O–H groups in total. The van der Waals surface area contributed by atoms with Crippen molar-refractivity contribution in [3.05, 3.63) is 88.8 Å². The molecule has 0 saturated heterocycles. The normalized spacial score (nSPS) is 13.5. The Hall–Kier alpha value is -3.08. The van der Waals surface area contributed by atoms with Crippen LogP contribution in [0.15, 0.2) is 76.2 Å². The van der Waals surface area contributed by atoms with Gasteiger partial charge in [0, 0.05) is 29.8 Å². The number of anilines is 1. The lowest BCUT2D eigenvalue weighted by molar-refractivity contribution is 0.214. The molecule has 0 fully saturated rings. The third-order valence-corrected chi connectivity index (χ3v) is 6.41. The van der Waals surface area contributed by atoms with Crippen LogP contribution in [0.5, 0.6) is 0 Å². The Kier molecular flexibility index (Phi) is 6.60. The van der Waals surface area contributed by atoms with Gasteiger partial charge in [-0.1, -0.05) is 30.3 Å². The summed E-state index contributed by atoms with van der Waals surface area (Å²) in [4.78, 5) is 7.72. The molecule has 1 aromatic heterocycles. The fourth-order valence-corrected chi connectivity index (χ4v) is 4.66. The molecule has 156 valence electrons. The maximum atomic E-state index is 14.8. The van der Waals surface area contributed by atoms with Crippen LogP contribution in [0.2, 0.25) is 0 Å². The molecule has 0 spiro atoms. The summed E-state index contributed by atoms with van der Waals surface area (Å²) < 4.78 is 42.0. The van der Waals surface area contributed by atoms with Crippen LogP contribution in [0.4, 0.5) is 9.52 Å². The summed E-state index contributed by atoms with van der Waals surface area (Å²) in [6.45, 7) is 0. The zero-order chi connectivity index (χ0) is 21.7. The lowest BCUT2D eigenvalue weighted by atomic mass is 9.94. The van der Waals surface area contributed by atoms with Gasteiger partial charge in [0.2, 0.25) is 0 Å². The molecular weight excluding hydrogens is 427 g/mol. The molecule has 0 amide bonds. The first-order valence-corrected chi connectivity index (χ1v) is 11.1. The third-order valence-electron chi connectivity index (χ3n) is 4.26. The van der Waals surface area contributed by atoms with Gasteiger partial charge in [-0.15, -0.1) is 11.3 Å². The van der Waals surface area contributed by atoms with Crippen LogP contribution in [0.3, 0.4) is 0 Å². The molecule has 1 heterocycles. The van der Waals surface area contributed by atoms with E-state index in [1.165, 1.54) is 24.5 Å². The van der Waals surface area contributed by atoms with Crippen molar-refractivity contribution in [1.29, 1.82) is 0 Å². The van der Waals surface area contributed by atoms with Gasteiger partial charge in [0.05, 0.1) is 10.6 Å². The van der Waals surface area contributed by atoms with E-state index in [1.54, 1.807) is 42.8 Å². The van der Waals surface area contributed by atoms with E-state index in [2.05, 4.69) is 14.7 Å².